The van der Waals surface area contributed by atoms with Crippen molar-refractivity contribution in [2.45, 2.75) is 0 Å². The predicted octanol–water partition coefficient (Wildman–Crippen LogP) is 23.8. The van der Waals surface area contributed by atoms with Gasteiger partial charge in [0.15, 0.2) is 0 Å². The van der Waals surface area contributed by atoms with E-state index in [0.717, 1.165) is 0 Å². The molecule has 390 valence electrons. The Morgan fingerprint density at radius 1 is 0.131 bits per heavy atom. The smallest absolute Gasteiger partial charge is 0.0616 e. The van der Waals surface area contributed by atoms with Crippen LogP contribution in [0, 0.1) is 0 Å². The molecule has 0 atom stereocenters. The maximum atomic E-state index is 9.81. The van der Waals surface area contributed by atoms with Gasteiger partial charge in [0.05, 0.1) is 74.0 Å². The third-order valence-corrected chi connectivity index (χ3v) is 13.3. The zero-order valence-corrected chi connectivity index (χ0v) is 42.0. The molecule has 0 aliphatic rings. The van der Waals surface area contributed by atoms with Crippen LogP contribution < -0.4 is 0 Å². The van der Waals surface area contributed by atoms with Crippen LogP contribution in [0.25, 0.3) is 164 Å². The summed E-state index contributed by atoms with van der Waals surface area (Å²) in [5, 5.41) is -11.8. The van der Waals surface area contributed by atoms with Gasteiger partial charge in [0.2, 0.25) is 0 Å². The Bertz CT molecular complexity index is 8610. The van der Waals surface area contributed by atoms with Crippen LogP contribution in [-0.4, -0.2) is 0 Å². The average Bonchev–Trinajstić information content (AvgIpc) is 0.690. The molecule has 0 amide bonds. The standard InChI is InChI=1S/C44H28.C40H26/c1-2-12-31-27-36(23-20-29(31)10-1)44-41-18-7-5-16-39(41)43(40-17-6-8-19-42(40)44)35-14-9-13-32(28-35)33-24-25-38-34(26-33)22-21-30-11-3-4-15-37(30)38;1-3-12-29-24-32(22-20-27(29)10-1)31-14-9-15-33(26-31)39-35-16-5-7-18-37(35)40(38-19-8-6-17-36(38)39)34-23-21-28-11-2-4-13-30(28)25-34/h1-28H;1-26H/i1D,2D,3D,4D,5D,6D,7D,8D,9D,10D,11D,12D,13D,14D,15D,16D,17D,18D,19D,20D,21D,22D,23D,24D,25D,26D,27D,28D;1D,2D,3D,4D,5D,6D,7D,8D,9D,10D,11D,12D,13D,14D,15D,16D,17D,18D,19D,20D,21D,22D,23D,24D,25D,26D. The minimum Gasteiger partial charge on any atom is -0.0616 e. The Hall–Kier alpha value is -10.9. The van der Waals surface area contributed by atoms with Crippen molar-refractivity contribution in [2.24, 2.45) is 0 Å². The van der Waals surface area contributed by atoms with Crippen molar-refractivity contribution in [1.82, 2.24) is 0 Å². The Balaban J connectivity index is 0.000000200. The molecule has 0 saturated carbocycles. The van der Waals surface area contributed by atoms with Gasteiger partial charge in [-0.2, -0.15) is 0 Å². The summed E-state index contributed by atoms with van der Waals surface area (Å²) in [6, 6.07) is -50.3. The molecular weight excluding hydrogens is 1010 g/mol. The van der Waals surface area contributed by atoms with Crippen LogP contribution in [-0.2, 0) is 0 Å². The molecule has 0 bridgehead atoms. The van der Waals surface area contributed by atoms with Gasteiger partial charge < -0.3 is 0 Å². The van der Waals surface area contributed by atoms with Crippen molar-refractivity contribution in [3.05, 3.63) is 326 Å². The van der Waals surface area contributed by atoms with Gasteiger partial charge in [0.25, 0.3) is 0 Å². The lowest BCUT2D eigenvalue weighted by Crippen LogP contribution is -1.91. The largest absolute Gasteiger partial charge is 0.0636 e. The highest BCUT2D eigenvalue weighted by molar-refractivity contribution is 6.23. The normalized spacial score (nSPS) is 20.6. The van der Waals surface area contributed by atoms with Gasteiger partial charge in [0, 0.05) is 0 Å². The summed E-state index contributed by atoms with van der Waals surface area (Å²) in [4.78, 5) is 0. The summed E-state index contributed by atoms with van der Waals surface area (Å²) in [6.45, 7) is 0. The van der Waals surface area contributed by atoms with E-state index in [1.807, 2.05) is 0 Å². The van der Waals surface area contributed by atoms with Gasteiger partial charge in [-0.1, -0.05) is 290 Å². The summed E-state index contributed by atoms with van der Waals surface area (Å²) in [6.07, 6.45) is 0. The topological polar surface area (TPSA) is 0 Å². The van der Waals surface area contributed by atoms with E-state index in [1.165, 1.54) is 0 Å². The molecule has 0 aromatic heterocycles. The van der Waals surface area contributed by atoms with E-state index in [1.54, 1.807) is 0 Å². The van der Waals surface area contributed by atoms with E-state index in [0.29, 0.717) is 0 Å². The van der Waals surface area contributed by atoms with E-state index in [4.69, 9.17) is 48.0 Å². The molecule has 0 aliphatic carbocycles. The van der Waals surface area contributed by atoms with E-state index in [-0.39, 0.29) is 0 Å². The van der Waals surface area contributed by atoms with Gasteiger partial charge in [-0.05, 0) is 200 Å². The summed E-state index contributed by atoms with van der Waals surface area (Å²) in [5.74, 6) is 0. The summed E-state index contributed by atoms with van der Waals surface area (Å²) >= 11 is 0. The van der Waals surface area contributed by atoms with Crippen LogP contribution in [0.5, 0.6) is 0 Å². The number of rotatable bonds is 6. The van der Waals surface area contributed by atoms with E-state index < -0.39 is 490 Å². The number of hydrogen-bond acceptors (Lipinski definition) is 0. The van der Waals surface area contributed by atoms with Crippen LogP contribution in [0.15, 0.2) is 326 Å². The first kappa shape index (κ1) is 18.8. The SMILES string of the molecule is [2H]c1c([2H])c(-c2c([2H])c([2H])c3c([2H])c([2H])c([2H])c([2H])c3c2[2H])c([2H])c(-c2c3c([2H])c([2H])c([2H])c([2H])c3c(-c3c([2H])c([2H])c4c([2H])c([2H])c([2H])c([2H])c4c3[2H])c3c([2H])c([2H])c([2H])c([2H])c23)c1[2H].[2H]c1c([2H])c(-c2c([2H])c([2H])c3c(c2[2H])c([2H])c([2H])c2c([2H])c([2H])c([2H])c([2H])c23)c([2H])c(-c2c3c([2H])c([2H])c([2H])c([2H])c3c(-c3c([2H])c([2H])c4c([2H])c([2H])c([2H])c([2H])c4c3[2H])c3c([2H])c([2H])c([2H])c([2H])c23)c1[2H]. The molecule has 17 aromatic carbocycles. The third kappa shape index (κ3) is 8.55. The molecule has 0 aliphatic heterocycles. The van der Waals surface area contributed by atoms with Crippen LogP contribution in [0.3, 0.4) is 0 Å². The van der Waals surface area contributed by atoms with Crippen molar-refractivity contribution in [3.8, 4) is 66.8 Å². The molecule has 84 heavy (non-hydrogen) atoms. The molecule has 17 rings (SSSR count). The highest BCUT2D eigenvalue weighted by Gasteiger charge is 2.20. The van der Waals surface area contributed by atoms with Gasteiger partial charge >= 0.3 is 0 Å². The van der Waals surface area contributed by atoms with Crippen molar-refractivity contribution in [3.63, 3.8) is 0 Å². The maximum Gasteiger partial charge on any atom is 0.0636 e. The van der Waals surface area contributed by atoms with Crippen LogP contribution in [0.1, 0.15) is 74.0 Å². The molecule has 0 saturated heterocycles. The first-order valence-corrected chi connectivity index (χ1v) is 24.8. The zero-order chi connectivity index (χ0) is 102. The number of fused-ring (bicyclic) bond motifs is 10. The fourth-order valence-electron chi connectivity index (χ4n) is 9.69. The second kappa shape index (κ2) is 20.6. The van der Waals surface area contributed by atoms with Gasteiger partial charge in [-0.25, -0.2) is 0 Å². The minimum absolute atomic E-state index is 0.492. The lowest BCUT2D eigenvalue weighted by molar-refractivity contribution is 1.63. The molecule has 0 spiro atoms. The fourth-order valence-corrected chi connectivity index (χ4v) is 9.69. The first-order chi connectivity index (χ1) is 64.2. The molecule has 0 nitrogen and oxygen atoms in total. The maximum absolute atomic E-state index is 9.81. The Morgan fingerprint density at radius 3 is 0.750 bits per heavy atom. The number of hydrogen-bond donors (Lipinski definition) is 0. The molecule has 0 fully saturated rings. The van der Waals surface area contributed by atoms with E-state index in [9.17, 15) is 26.0 Å². The molecule has 0 N–H and O–H groups in total. The van der Waals surface area contributed by atoms with E-state index in [2.05, 4.69) is 0 Å². The predicted molar refractivity (Wildman–Crippen MR) is 363 cm³/mol. The van der Waals surface area contributed by atoms with Crippen molar-refractivity contribution in [2.75, 3.05) is 0 Å². The van der Waals surface area contributed by atoms with E-state index >= 15 is 0 Å². The summed E-state index contributed by atoms with van der Waals surface area (Å²) in [7, 11) is 0. The zero-order valence-electron chi connectivity index (χ0n) is 96.0. The fraction of sp³-hybridized carbons (Fsp3) is 0. The second-order valence-electron chi connectivity index (χ2n) is 18.0. The molecule has 0 heterocycles. The molecule has 0 unspecified atom stereocenters. The molecule has 0 heteroatoms. The first-order valence-electron chi connectivity index (χ1n) is 51.8. The third-order valence-electron chi connectivity index (χ3n) is 13.3. The monoisotopic (exact) mass is 1120 g/mol. The number of benzene rings is 17. The van der Waals surface area contributed by atoms with Gasteiger partial charge in [-0.3, -0.25) is 0 Å². The van der Waals surface area contributed by atoms with Gasteiger partial charge in [0.1, 0.15) is 0 Å². The van der Waals surface area contributed by atoms with Crippen LogP contribution in [0.2, 0.25) is 0 Å². The van der Waals surface area contributed by atoms with Crippen LogP contribution in [0.4, 0.5) is 0 Å². The van der Waals surface area contributed by atoms with Gasteiger partial charge in [-0.15, -0.1) is 0 Å². The Kier molecular flexibility index (Phi) is 4.60. The Labute approximate surface area is 564 Å². The second-order valence-corrected chi connectivity index (χ2v) is 18.0. The van der Waals surface area contributed by atoms with Crippen molar-refractivity contribution >= 4 is 97.0 Å². The Morgan fingerprint density at radius 2 is 0.357 bits per heavy atom. The lowest BCUT2D eigenvalue weighted by Gasteiger charge is -2.18. The quantitative estimate of drug-likeness (QED) is 0.115. The average molecular weight is 1120 g/mol. The highest BCUT2D eigenvalue weighted by atomic mass is 14.2. The molecule has 17 aromatic rings. The lowest BCUT2D eigenvalue weighted by atomic mass is 9.85. The highest BCUT2D eigenvalue weighted by Crippen LogP contribution is 2.47. The van der Waals surface area contributed by atoms with Crippen LogP contribution >= 0.6 is 0 Å². The molecule has 0 radical (unpaired) electrons. The summed E-state index contributed by atoms with van der Waals surface area (Å²) < 4.78 is 482. The molecular formula is C84H54. The van der Waals surface area contributed by atoms with Crippen molar-refractivity contribution in [1.29, 1.82) is 0 Å². The van der Waals surface area contributed by atoms with Crippen molar-refractivity contribution < 1.29 is 74.0 Å². The summed E-state index contributed by atoms with van der Waals surface area (Å²) in [5.41, 5.74) is -9.68. The minimum atomic E-state index is -1.10.